The SMILES string of the molecule is CCN(CCOP(=O)(O)O)CCC(F)(F)On1c2cccc(-c3cccc(S(=O)(=O)CC)c3)c2c2cc(Cl)cnc21. The first kappa shape index (κ1) is 31.3. The third-order valence-corrected chi connectivity index (χ3v) is 8.96. The molecule has 0 fully saturated rings. The van der Waals surface area contributed by atoms with Gasteiger partial charge in [-0.05, 0) is 41.9 Å². The zero-order valence-electron chi connectivity index (χ0n) is 22.2. The molecular weight excluding hydrogens is 603 g/mol. The fraction of sp³-hybridized carbons (Fsp3) is 0.346. The number of alkyl halides is 2. The Morgan fingerprint density at radius 1 is 1.12 bits per heavy atom. The third-order valence-electron chi connectivity index (χ3n) is 6.50. The van der Waals surface area contributed by atoms with Crippen LogP contribution < -0.4 is 4.84 Å². The standard InChI is InChI=1S/C26H29ClF2N3O7PS/c1-3-31(13-14-38-40(33,34)35)12-11-26(28,29)39-32-23-10-6-9-21(24(23)22-16-19(27)17-30-25(22)32)18-7-5-8-20(15-18)41(36,37)4-2/h5-10,15-17H,3-4,11-14H2,1-2H3,(H2,33,34,35). The molecule has 0 unspecified atom stereocenters. The van der Waals surface area contributed by atoms with Crippen LogP contribution in [0.1, 0.15) is 20.3 Å². The lowest BCUT2D eigenvalue weighted by Gasteiger charge is -2.24. The van der Waals surface area contributed by atoms with Gasteiger partial charge in [0.1, 0.15) is 0 Å². The molecule has 10 nitrogen and oxygen atoms in total. The third kappa shape index (κ3) is 7.42. The minimum Gasteiger partial charge on any atom is -0.339 e. The van der Waals surface area contributed by atoms with Crippen LogP contribution in [0.25, 0.3) is 33.1 Å². The predicted molar refractivity (Wildman–Crippen MR) is 152 cm³/mol. The van der Waals surface area contributed by atoms with Gasteiger partial charge in [-0.25, -0.2) is 18.0 Å². The number of rotatable bonds is 13. The van der Waals surface area contributed by atoms with Crippen LogP contribution in [0.4, 0.5) is 8.78 Å². The molecule has 0 atom stereocenters. The van der Waals surface area contributed by atoms with Gasteiger partial charge in [0.05, 0.1) is 34.2 Å². The molecule has 0 aliphatic rings. The summed E-state index contributed by atoms with van der Waals surface area (Å²) in [7, 11) is -8.15. The van der Waals surface area contributed by atoms with Crippen molar-refractivity contribution in [3.63, 3.8) is 0 Å². The molecule has 4 rings (SSSR count). The van der Waals surface area contributed by atoms with Crippen molar-refractivity contribution < 1.29 is 40.9 Å². The second-order valence-corrected chi connectivity index (χ2v) is 13.1. The number of phosphoric ester groups is 1. The molecule has 0 aliphatic heterocycles. The number of aromatic nitrogens is 2. The number of nitrogens with zero attached hydrogens (tertiary/aromatic N) is 3. The van der Waals surface area contributed by atoms with Gasteiger partial charge in [-0.15, -0.1) is 0 Å². The molecular formula is C26H29ClF2N3O7PS. The van der Waals surface area contributed by atoms with Crippen LogP contribution >= 0.6 is 19.4 Å². The number of benzene rings is 2. The number of likely N-dealkylation sites (N-methyl/N-ethyl adjacent to an activating group) is 1. The number of phosphoric acid groups is 1. The fourth-order valence-corrected chi connectivity index (χ4v) is 5.83. The normalized spacial score (nSPS) is 13.0. The summed E-state index contributed by atoms with van der Waals surface area (Å²) in [6, 6.07) is 13.0. The number of fused-ring (bicyclic) bond motifs is 3. The lowest BCUT2D eigenvalue weighted by Crippen LogP contribution is -2.38. The van der Waals surface area contributed by atoms with Crippen molar-refractivity contribution in [3.05, 3.63) is 59.8 Å². The summed E-state index contributed by atoms with van der Waals surface area (Å²) < 4.78 is 71.8. The summed E-state index contributed by atoms with van der Waals surface area (Å²) in [5, 5.41) is 1.22. The van der Waals surface area contributed by atoms with Gasteiger partial charge in [-0.3, -0.25) is 4.52 Å². The molecule has 41 heavy (non-hydrogen) atoms. The lowest BCUT2D eigenvalue weighted by atomic mass is 10.00. The van der Waals surface area contributed by atoms with Gasteiger partial charge in [0.2, 0.25) is 0 Å². The van der Waals surface area contributed by atoms with Crippen LogP contribution in [-0.2, 0) is 18.9 Å². The van der Waals surface area contributed by atoms with Gasteiger partial charge in [-0.2, -0.15) is 13.5 Å². The van der Waals surface area contributed by atoms with E-state index in [2.05, 4.69) is 9.51 Å². The highest BCUT2D eigenvalue weighted by atomic mass is 35.5. The largest absolute Gasteiger partial charge is 0.469 e. The summed E-state index contributed by atoms with van der Waals surface area (Å²) in [6.07, 6.45) is -3.08. The van der Waals surface area contributed by atoms with E-state index in [4.69, 9.17) is 26.2 Å². The smallest absolute Gasteiger partial charge is 0.339 e. The van der Waals surface area contributed by atoms with Gasteiger partial charge < -0.3 is 19.5 Å². The maximum Gasteiger partial charge on any atom is 0.469 e. The molecule has 0 aliphatic carbocycles. The van der Waals surface area contributed by atoms with E-state index in [1.54, 1.807) is 61.2 Å². The molecule has 222 valence electrons. The Kier molecular flexibility index (Phi) is 9.39. The lowest BCUT2D eigenvalue weighted by molar-refractivity contribution is -0.238. The highest BCUT2D eigenvalue weighted by Gasteiger charge is 2.34. The summed E-state index contributed by atoms with van der Waals surface area (Å²) in [4.78, 5) is 28.9. The molecule has 0 saturated carbocycles. The van der Waals surface area contributed by atoms with Crippen LogP contribution in [0.2, 0.25) is 5.02 Å². The van der Waals surface area contributed by atoms with Crippen molar-refractivity contribution in [2.45, 2.75) is 31.3 Å². The molecule has 0 bridgehead atoms. The second-order valence-electron chi connectivity index (χ2n) is 9.19. The van der Waals surface area contributed by atoms with Gasteiger partial charge in [-0.1, -0.05) is 49.7 Å². The molecule has 0 radical (unpaired) electrons. The van der Waals surface area contributed by atoms with Crippen molar-refractivity contribution in [2.24, 2.45) is 0 Å². The van der Waals surface area contributed by atoms with Gasteiger partial charge in [0.15, 0.2) is 15.5 Å². The van der Waals surface area contributed by atoms with Crippen molar-refractivity contribution in [2.75, 3.05) is 32.0 Å². The average molecular weight is 632 g/mol. The zero-order chi connectivity index (χ0) is 30.0. The summed E-state index contributed by atoms with van der Waals surface area (Å²) in [5.41, 5.74) is 1.51. The van der Waals surface area contributed by atoms with Gasteiger partial charge in [0.25, 0.3) is 0 Å². The molecule has 2 aromatic carbocycles. The number of halogens is 3. The number of hydrogen-bond donors (Lipinski definition) is 2. The Labute approximate surface area is 240 Å². The first-order valence-corrected chi connectivity index (χ1v) is 16.2. The second kappa shape index (κ2) is 12.3. The van der Waals surface area contributed by atoms with Gasteiger partial charge >= 0.3 is 13.9 Å². The highest BCUT2D eigenvalue weighted by molar-refractivity contribution is 7.91. The molecule has 0 saturated heterocycles. The molecule has 2 aromatic heterocycles. The molecule has 0 amide bonds. The van der Waals surface area contributed by atoms with E-state index in [0.29, 0.717) is 28.4 Å². The minimum absolute atomic E-state index is 0.0311. The van der Waals surface area contributed by atoms with Crippen LogP contribution in [0, 0.1) is 0 Å². The Morgan fingerprint density at radius 2 is 1.85 bits per heavy atom. The van der Waals surface area contributed by atoms with Crippen molar-refractivity contribution in [3.8, 4) is 11.1 Å². The maximum absolute atomic E-state index is 15.2. The monoisotopic (exact) mass is 631 g/mol. The fourth-order valence-electron chi connectivity index (χ4n) is 4.43. The minimum atomic E-state index is -4.66. The van der Waals surface area contributed by atoms with Crippen molar-refractivity contribution in [1.82, 2.24) is 14.6 Å². The highest BCUT2D eigenvalue weighted by Crippen LogP contribution is 2.38. The van der Waals surface area contributed by atoms with Crippen molar-refractivity contribution in [1.29, 1.82) is 0 Å². The molecule has 2 heterocycles. The number of pyridine rings is 1. The van der Waals surface area contributed by atoms with Crippen LogP contribution in [0.15, 0.2) is 59.6 Å². The Hall–Kier alpha value is -2.64. The van der Waals surface area contributed by atoms with E-state index in [-0.39, 0.29) is 46.5 Å². The number of hydrogen-bond acceptors (Lipinski definition) is 7. The Bertz CT molecular complexity index is 1710. The quantitative estimate of drug-likeness (QED) is 0.192. The first-order valence-electron chi connectivity index (χ1n) is 12.7. The van der Waals surface area contributed by atoms with E-state index in [1.807, 2.05) is 0 Å². The average Bonchev–Trinajstić information content (AvgIpc) is 3.22. The summed E-state index contributed by atoms with van der Waals surface area (Å²) in [6.45, 7) is 3.17. The summed E-state index contributed by atoms with van der Waals surface area (Å²) in [5.74, 6) is -0.0748. The Morgan fingerprint density at radius 3 is 2.54 bits per heavy atom. The van der Waals surface area contributed by atoms with Crippen molar-refractivity contribution >= 4 is 51.2 Å². The topological polar surface area (TPSA) is 131 Å². The van der Waals surface area contributed by atoms with E-state index < -0.39 is 30.2 Å². The van der Waals surface area contributed by atoms with E-state index in [1.165, 1.54) is 12.3 Å². The molecule has 0 spiro atoms. The first-order chi connectivity index (χ1) is 19.2. The number of sulfone groups is 1. The maximum atomic E-state index is 15.2. The molecule has 15 heteroatoms. The van der Waals surface area contributed by atoms with E-state index in [9.17, 15) is 13.0 Å². The van der Waals surface area contributed by atoms with E-state index in [0.717, 1.165) is 4.73 Å². The Balaban J connectivity index is 1.71. The molecule has 2 N–H and O–H groups in total. The van der Waals surface area contributed by atoms with Gasteiger partial charge in [0, 0.05) is 30.1 Å². The predicted octanol–water partition coefficient (Wildman–Crippen LogP) is 5.15. The summed E-state index contributed by atoms with van der Waals surface area (Å²) >= 11 is 6.23. The van der Waals surface area contributed by atoms with E-state index >= 15 is 8.78 Å². The zero-order valence-corrected chi connectivity index (χ0v) is 24.7. The molecule has 4 aromatic rings. The van der Waals surface area contributed by atoms with Crippen LogP contribution in [0.3, 0.4) is 0 Å². The van der Waals surface area contributed by atoms with Crippen LogP contribution in [-0.4, -0.2) is 70.9 Å². The van der Waals surface area contributed by atoms with Crippen LogP contribution in [0.5, 0.6) is 0 Å².